The second-order valence-corrected chi connectivity index (χ2v) is 9.58. The second kappa shape index (κ2) is 8.77. The fourth-order valence-electron chi connectivity index (χ4n) is 4.72. The number of esters is 1. The first-order valence-corrected chi connectivity index (χ1v) is 10.9. The molecule has 150 valence electrons. The number of fused-ring (bicyclic) bond motifs is 1. The number of carbonyl (C=O) groups is 1. The van der Waals surface area contributed by atoms with Gasteiger partial charge in [0.1, 0.15) is 0 Å². The highest BCUT2D eigenvalue weighted by atomic mass is 16.5. The molecule has 1 fully saturated rings. The maximum Gasteiger partial charge on any atom is 0.338 e. The first-order chi connectivity index (χ1) is 12.9. The third kappa shape index (κ3) is 5.13. The predicted molar refractivity (Wildman–Crippen MR) is 111 cm³/mol. The molecule has 0 radical (unpaired) electrons. The van der Waals surface area contributed by atoms with E-state index in [4.69, 9.17) is 4.74 Å². The molecule has 1 aromatic carbocycles. The molecule has 1 aromatic rings. The smallest absolute Gasteiger partial charge is 0.338 e. The van der Waals surface area contributed by atoms with Crippen LogP contribution in [-0.4, -0.2) is 18.6 Å². The summed E-state index contributed by atoms with van der Waals surface area (Å²) in [5.74, 6) is 0.677. The zero-order valence-electron chi connectivity index (χ0n) is 17.6. The van der Waals surface area contributed by atoms with Crippen molar-refractivity contribution in [3.05, 3.63) is 34.9 Å². The standard InChI is InChI=1S/C24H37NO2/c1-5-6-15-27-23(26)18-7-13-21-17(16-18)8-14-22(21)25-20-11-9-19(10-12-20)24(2,3)4/h7,13,16,19-20,22,25H,5-6,8-12,14-15H2,1-4H3/t19-,20+,22?. The van der Waals surface area contributed by atoms with Crippen molar-refractivity contribution in [2.24, 2.45) is 11.3 Å². The second-order valence-electron chi connectivity index (χ2n) is 9.58. The van der Waals surface area contributed by atoms with Crippen LogP contribution in [0.4, 0.5) is 0 Å². The first kappa shape index (κ1) is 20.4. The van der Waals surface area contributed by atoms with Crippen molar-refractivity contribution >= 4 is 5.97 Å². The Bertz CT molecular complexity index is 638. The molecule has 2 aliphatic carbocycles. The van der Waals surface area contributed by atoms with Gasteiger partial charge in [-0.2, -0.15) is 0 Å². The van der Waals surface area contributed by atoms with E-state index in [1.165, 1.54) is 36.8 Å². The van der Waals surface area contributed by atoms with Gasteiger partial charge in [0.15, 0.2) is 0 Å². The quantitative estimate of drug-likeness (QED) is 0.505. The van der Waals surface area contributed by atoms with Crippen LogP contribution in [0.5, 0.6) is 0 Å². The van der Waals surface area contributed by atoms with Gasteiger partial charge in [-0.15, -0.1) is 0 Å². The van der Waals surface area contributed by atoms with Gasteiger partial charge >= 0.3 is 5.97 Å². The van der Waals surface area contributed by atoms with Gasteiger partial charge < -0.3 is 10.1 Å². The monoisotopic (exact) mass is 371 g/mol. The lowest BCUT2D eigenvalue weighted by atomic mass is 9.71. The van der Waals surface area contributed by atoms with Crippen LogP contribution in [0.3, 0.4) is 0 Å². The molecule has 3 heteroatoms. The SMILES string of the molecule is CCCCOC(=O)c1ccc2c(c1)CCC2N[C@H]1CC[C@@H](C(C)(C)C)CC1. The summed E-state index contributed by atoms with van der Waals surface area (Å²) < 4.78 is 5.36. The highest BCUT2D eigenvalue weighted by Gasteiger charge is 2.32. The van der Waals surface area contributed by atoms with Gasteiger partial charge in [-0.05, 0) is 79.5 Å². The molecule has 3 nitrogen and oxygen atoms in total. The maximum absolute atomic E-state index is 12.2. The molecule has 0 bridgehead atoms. The summed E-state index contributed by atoms with van der Waals surface area (Å²) >= 11 is 0. The Kier molecular flexibility index (Phi) is 6.62. The third-order valence-electron chi connectivity index (χ3n) is 6.58. The van der Waals surface area contributed by atoms with Crippen molar-refractivity contribution in [2.45, 2.75) is 91.1 Å². The van der Waals surface area contributed by atoms with E-state index in [0.29, 0.717) is 29.7 Å². The van der Waals surface area contributed by atoms with E-state index in [0.717, 1.165) is 31.6 Å². The summed E-state index contributed by atoms with van der Waals surface area (Å²) in [7, 11) is 0. The van der Waals surface area contributed by atoms with E-state index < -0.39 is 0 Å². The van der Waals surface area contributed by atoms with Gasteiger partial charge in [-0.3, -0.25) is 0 Å². The zero-order valence-corrected chi connectivity index (χ0v) is 17.6. The van der Waals surface area contributed by atoms with Crippen LogP contribution in [0.1, 0.15) is 100 Å². The highest BCUT2D eigenvalue weighted by molar-refractivity contribution is 5.89. The topological polar surface area (TPSA) is 38.3 Å². The summed E-state index contributed by atoms with van der Waals surface area (Å²) in [6, 6.07) is 7.24. The summed E-state index contributed by atoms with van der Waals surface area (Å²) in [4.78, 5) is 12.2. The van der Waals surface area contributed by atoms with Crippen molar-refractivity contribution in [1.29, 1.82) is 0 Å². The molecule has 1 saturated carbocycles. The van der Waals surface area contributed by atoms with Crippen molar-refractivity contribution in [3.8, 4) is 0 Å². The molecule has 1 atom stereocenters. The average Bonchev–Trinajstić information content (AvgIpc) is 3.03. The van der Waals surface area contributed by atoms with Gasteiger partial charge in [-0.25, -0.2) is 4.79 Å². The van der Waals surface area contributed by atoms with Gasteiger partial charge in [0.25, 0.3) is 0 Å². The van der Waals surface area contributed by atoms with Crippen LogP contribution in [0.2, 0.25) is 0 Å². The number of carbonyl (C=O) groups excluding carboxylic acids is 1. The molecule has 0 spiro atoms. The minimum Gasteiger partial charge on any atom is -0.462 e. The molecule has 0 aromatic heterocycles. The lowest BCUT2D eigenvalue weighted by molar-refractivity contribution is 0.0499. The van der Waals surface area contributed by atoms with Crippen LogP contribution in [-0.2, 0) is 11.2 Å². The van der Waals surface area contributed by atoms with E-state index in [-0.39, 0.29) is 5.97 Å². The number of nitrogens with one attached hydrogen (secondary N) is 1. The van der Waals surface area contributed by atoms with E-state index in [9.17, 15) is 4.79 Å². The maximum atomic E-state index is 12.2. The normalized spacial score (nSPS) is 25.3. The van der Waals surface area contributed by atoms with Gasteiger partial charge in [0.05, 0.1) is 12.2 Å². The van der Waals surface area contributed by atoms with Crippen molar-refractivity contribution in [2.75, 3.05) is 6.61 Å². The highest BCUT2D eigenvalue weighted by Crippen LogP contribution is 2.39. The number of aryl methyl sites for hydroxylation is 1. The Morgan fingerprint density at radius 2 is 1.89 bits per heavy atom. The molecule has 3 rings (SSSR count). The lowest BCUT2D eigenvalue weighted by Crippen LogP contribution is -2.37. The molecule has 0 aliphatic heterocycles. The molecule has 1 unspecified atom stereocenters. The average molecular weight is 372 g/mol. The Hall–Kier alpha value is -1.35. The summed E-state index contributed by atoms with van der Waals surface area (Å²) in [6.07, 6.45) is 9.42. The fourth-order valence-corrected chi connectivity index (χ4v) is 4.72. The van der Waals surface area contributed by atoms with Crippen LogP contribution < -0.4 is 5.32 Å². The lowest BCUT2D eigenvalue weighted by Gasteiger charge is -2.38. The number of ether oxygens (including phenoxy) is 1. The summed E-state index contributed by atoms with van der Waals surface area (Å²) in [5.41, 5.74) is 3.85. The van der Waals surface area contributed by atoms with Crippen molar-refractivity contribution in [1.82, 2.24) is 5.32 Å². The van der Waals surface area contributed by atoms with E-state index in [2.05, 4.69) is 45.1 Å². The molecule has 0 heterocycles. The fraction of sp³-hybridized carbons (Fsp3) is 0.708. The van der Waals surface area contributed by atoms with E-state index >= 15 is 0 Å². The Balaban J connectivity index is 1.55. The van der Waals surface area contributed by atoms with Crippen LogP contribution in [0.15, 0.2) is 18.2 Å². The number of benzene rings is 1. The van der Waals surface area contributed by atoms with Gasteiger partial charge in [0, 0.05) is 12.1 Å². The summed E-state index contributed by atoms with van der Waals surface area (Å²) in [6.45, 7) is 9.76. The minimum atomic E-state index is -0.178. The van der Waals surface area contributed by atoms with Crippen LogP contribution in [0, 0.1) is 11.3 Å². The molecule has 27 heavy (non-hydrogen) atoms. The van der Waals surface area contributed by atoms with Crippen LogP contribution in [0.25, 0.3) is 0 Å². The summed E-state index contributed by atoms with van der Waals surface area (Å²) in [5, 5.41) is 3.92. The van der Waals surface area contributed by atoms with Crippen molar-refractivity contribution < 1.29 is 9.53 Å². The number of unbranched alkanes of at least 4 members (excludes halogenated alkanes) is 1. The zero-order chi connectivity index (χ0) is 19.4. The largest absolute Gasteiger partial charge is 0.462 e. The molecular formula is C24H37NO2. The number of hydrogen-bond donors (Lipinski definition) is 1. The molecular weight excluding hydrogens is 334 g/mol. The van der Waals surface area contributed by atoms with Gasteiger partial charge in [0.2, 0.25) is 0 Å². The number of hydrogen-bond acceptors (Lipinski definition) is 3. The molecule has 0 saturated heterocycles. The molecule has 2 aliphatic rings. The molecule has 0 amide bonds. The van der Waals surface area contributed by atoms with E-state index in [1.807, 2.05) is 6.07 Å². The third-order valence-corrected chi connectivity index (χ3v) is 6.58. The molecule has 1 N–H and O–H groups in total. The Morgan fingerprint density at radius 1 is 1.15 bits per heavy atom. The van der Waals surface area contributed by atoms with Crippen molar-refractivity contribution in [3.63, 3.8) is 0 Å². The minimum absolute atomic E-state index is 0.178. The Labute approximate surface area is 165 Å². The Morgan fingerprint density at radius 3 is 2.56 bits per heavy atom. The predicted octanol–water partition coefficient (Wildman–Crippen LogP) is 5.83. The van der Waals surface area contributed by atoms with Crippen LogP contribution >= 0.6 is 0 Å². The first-order valence-electron chi connectivity index (χ1n) is 10.9. The van der Waals surface area contributed by atoms with E-state index in [1.54, 1.807) is 0 Å². The van der Waals surface area contributed by atoms with Gasteiger partial charge in [-0.1, -0.05) is 40.2 Å². The number of rotatable bonds is 6.